The van der Waals surface area contributed by atoms with Gasteiger partial charge in [0.25, 0.3) is 0 Å². The second-order valence-electron chi connectivity index (χ2n) is 7.17. The highest BCUT2D eigenvalue weighted by molar-refractivity contribution is 7.89. The fraction of sp³-hybridized carbons (Fsp3) is 0.611. The summed E-state index contributed by atoms with van der Waals surface area (Å²) in [6.45, 7) is 8.28. The number of amides is 1. The molecule has 25 heavy (non-hydrogen) atoms. The van der Waals surface area contributed by atoms with Gasteiger partial charge in [0.15, 0.2) is 0 Å². The predicted octanol–water partition coefficient (Wildman–Crippen LogP) is 1.41. The number of nitrogens with zero attached hydrogens (tertiary/aromatic N) is 3. The van der Waals surface area contributed by atoms with Gasteiger partial charge in [-0.05, 0) is 49.6 Å². The summed E-state index contributed by atoms with van der Waals surface area (Å²) in [5.41, 5.74) is 2.86. The second-order valence-corrected chi connectivity index (χ2v) is 9.11. The Morgan fingerprint density at radius 3 is 2.52 bits per heavy atom. The zero-order valence-corrected chi connectivity index (χ0v) is 15.7. The predicted molar refractivity (Wildman–Crippen MR) is 96.4 cm³/mol. The molecule has 0 saturated carbocycles. The first-order valence-electron chi connectivity index (χ1n) is 9.14. The maximum absolute atomic E-state index is 13.1. The Bertz CT molecular complexity index is 813. The van der Waals surface area contributed by atoms with Crippen molar-refractivity contribution in [3.05, 3.63) is 23.3 Å². The largest absolute Gasteiger partial charge is 0.311 e. The van der Waals surface area contributed by atoms with E-state index in [1.165, 1.54) is 0 Å². The molecule has 1 fully saturated rings. The van der Waals surface area contributed by atoms with E-state index in [9.17, 15) is 13.2 Å². The lowest BCUT2D eigenvalue weighted by Crippen LogP contribution is -2.48. The minimum atomic E-state index is -3.51. The first kappa shape index (κ1) is 17.0. The Morgan fingerprint density at radius 1 is 1.12 bits per heavy atom. The summed E-state index contributed by atoms with van der Waals surface area (Å²) in [5, 5.41) is 0. The normalized spacial score (nSPS) is 24.6. The average molecular weight is 363 g/mol. The molecule has 6 nitrogen and oxygen atoms in total. The van der Waals surface area contributed by atoms with Crippen LogP contribution in [0.5, 0.6) is 0 Å². The van der Waals surface area contributed by atoms with Crippen LogP contribution < -0.4 is 4.90 Å². The van der Waals surface area contributed by atoms with Crippen molar-refractivity contribution in [3.63, 3.8) is 0 Å². The third-order valence-electron chi connectivity index (χ3n) is 5.81. The van der Waals surface area contributed by atoms with E-state index >= 15 is 0 Å². The molecular weight excluding hydrogens is 338 g/mol. The lowest BCUT2D eigenvalue weighted by Gasteiger charge is -2.33. The molecule has 1 amide bonds. The highest BCUT2D eigenvalue weighted by Gasteiger charge is 2.39. The van der Waals surface area contributed by atoms with Crippen molar-refractivity contribution in [1.82, 2.24) is 9.21 Å². The zero-order chi connectivity index (χ0) is 17.8. The quantitative estimate of drug-likeness (QED) is 0.815. The van der Waals surface area contributed by atoms with E-state index in [1.807, 2.05) is 11.8 Å². The minimum absolute atomic E-state index is 0.0991. The zero-order valence-electron chi connectivity index (χ0n) is 14.9. The molecule has 1 aromatic rings. The van der Waals surface area contributed by atoms with Gasteiger partial charge in [0.1, 0.15) is 0 Å². The molecule has 3 aliphatic heterocycles. The maximum Gasteiger partial charge on any atom is 0.243 e. The van der Waals surface area contributed by atoms with Crippen molar-refractivity contribution >= 4 is 21.6 Å². The van der Waals surface area contributed by atoms with E-state index < -0.39 is 10.0 Å². The van der Waals surface area contributed by atoms with Gasteiger partial charge in [-0.1, -0.05) is 6.92 Å². The highest BCUT2D eigenvalue weighted by atomic mass is 32.2. The molecule has 1 atom stereocenters. The number of aryl methyl sites for hydroxylation is 1. The highest BCUT2D eigenvalue weighted by Crippen LogP contribution is 2.44. The maximum atomic E-state index is 13.1. The van der Waals surface area contributed by atoms with Crippen LogP contribution in [0.3, 0.4) is 0 Å². The van der Waals surface area contributed by atoms with Gasteiger partial charge in [-0.15, -0.1) is 0 Å². The average Bonchev–Trinajstić information content (AvgIpc) is 2.88. The Kier molecular flexibility index (Phi) is 4.13. The molecule has 0 aromatic heterocycles. The first-order chi connectivity index (χ1) is 11.9. The molecule has 0 spiro atoms. The van der Waals surface area contributed by atoms with Crippen LogP contribution in [-0.2, 0) is 21.2 Å². The molecule has 0 bridgehead atoms. The summed E-state index contributed by atoms with van der Waals surface area (Å²) >= 11 is 0. The smallest absolute Gasteiger partial charge is 0.243 e. The molecular formula is C18H25N3O3S. The number of carbonyl (C=O) groups is 1. The number of hydrogen-bond donors (Lipinski definition) is 0. The van der Waals surface area contributed by atoms with Gasteiger partial charge in [0.05, 0.1) is 16.5 Å². The minimum Gasteiger partial charge on any atom is -0.311 e. The topological polar surface area (TPSA) is 60.9 Å². The first-order valence-corrected chi connectivity index (χ1v) is 10.6. The lowest BCUT2D eigenvalue weighted by atomic mass is 9.97. The van der Waals surface area contributed by atoms with Crippen LogP contribution in [0.2, 0.25) is 0 Å². The van der Waals surface area contributed by atoms with Crippen LogP contribution in [0, 0.1) is 0 Å². The van der Waals surface area contributed by atoms with Gasteiger partial charge >= 0.3 is 0 Å². The van der Waals surface area contributed by atoms with E-state index in [2.05, 4.69) is 11.8 Å². The SMILES string of the molecule is CCN1CCN(S(=O)(=O)c2cc3c4c(c2)[C@@H](C)C(=O)N4CCC3)CC1. The van der Waals surface area contributed by atoms with Crippen molar-refractivity contribution in [1.29, 1.82) is 0 Å². The number of likely N-dealkylation sites (N-methyl/N-ethyl adjacent to an activating group) is 1. The van der Waals surface area contributed by atoms with Crippen LogP contribution in [-0.4, -0.2) is 62.8 Å². The number of rotatable bonds is 3. The molecule has 1 saturated heterocycles. The molecule has 3 heterocycles. The standard InChI is InChI=1S/C18H25N3O3S/c1-3-19-7-9-20(10-8-19)25(23,24)15-11-14-5-4-6-21-17(14)16(12-15)13(2)18(21)22/h11-13H,3-10H2,1-2H3/t13-/m1/s1. The monoisotopic (exact) mass is 363 g/mol. The van der Waals surface area contributed by atoms with Crippen LogP contribution in [0.25, 0.3) is 0 Å². The van der Waals surface area contributed by atoms with E-state index in [0.29, 0.717) is 18.0 Å². The lowest BCUT2D eigenvalue weighted by molar-refractivity contribution is -0.119. The van der Waals surface area contributed by atoms with Gasteiger partial charge in [0.2, 0.25) is 15.9 Å². The number of piperazine rings is 1. The van der Waals surface area contributed by atoms with E-state index in [0.717, 1.165) is 55.8 Å². The summed E-state index contributed by atoms with van der Waals surface area (Å²) in [6, 6.07) is 3.55. The summed E-state index contributed by atoms with van der Waals surface area (Å²) in [7, 11) is -3.51. The Labute approximate surface area is 149 Å². The third kappa shape index (κ3) is 2.60. The van der Waals surface area contributed by atoms with Crippen LogP contribution in [0.1, 0.15) is 37.3 Å². The third-order valence-corrected chi connectivity index (χ3v) is 7.69. The summed E-state index contributed by atoms with van der Waals surface area (Å²) in [6.07, 6.45) is 1.73. The van der Waals surface area contributed by atoms with Crippen molar-refractivity contribution in [2.24, 2.45) is 0 Å². The summed E-state index contributed by atoms with van der Waals surface area (Å²) in [5.74, 6) is -0.152. The number of hydrogen-bond acceptors (Lipinski definition) is 4. The molecule has 3 aliphatic rings. The van der Waals surface area contributed by atoms with E-state index in [4.69, 9.17) is 0 Å². The molecule has 0 radical (unpaired) electrons. The molecule has 1 aromatic carbocycles. The molecule has 0 aliphatic carbocycles. The van der Waals surface area contributed by atoms with Gasteiger partial charge in [0, 0.05) is 32.7 Å². The fourth-order valence-corrected chi connectivity index (χ4v) is 5.76. The van der Waals surface area contributed by atoms with Crippen LogP contribution in [0.4, 0.5) is 5.69 Å². The van der Waals surface area contributed by atoms with Gasteiger partial charge < -0.3 is 9.80 Å². The molecule has 136 valence electrons. The molecule has 0 unspecified atom stereocenters. The van der Waals surface area contributed by atoms with Crippen molar-refractivity contribution in [3.8, 4) is 0 Å². The molecule has 0 N–H and O–H groups in total. The Hall–Kier alpha value is -1.44. The number of benzene rings is 1. The second kappa shape index (κ2) is 6.07. The Balaban J connectivity index is 1.71. The summed E-state index contributed by atoms with van der Waals surface area (Å²) < 4.78 is 27.9. The van der Waals surface area contributed by atoms with E-state index in [1.54, 1.807) is 16.4 Å². The van der Waals surface area contributed by atoms with Gasteiger partial charge in [-0.25, -0.2) is 8.42 Å². The number of carbonyl (C=O) groups excluding carboxylic acids is 1. The fourth-order valence-electron chi connectivity index (χ4n) is 4.25. The Morgan fingerprint density at radius 2 is 1.84 bits per heavy atom. The van der Waals surface area contributed by atoms with E-state index in [-0.39, 0.29) is 11.8 Å². The van der Waals surface area contributed by atoms with Crippen LogP contribution >= 0.6 is 0 Å². The van der Waals surface area contributed by atoms with Crippen molar-refractivity contribution in [2.75, 3.05) is 44.2 Å². The number of anilines is 1. The van der Waals surface area contributed by atoms with Crippen molar-refractivity contribution in [2.45, 2.75) is 37.5 Å². The summed E-state index contributed by atoms with van der Waals surface area (Å²) in [4.78, 5) is 16.9. The number of sulfonamides is 1. The molecule has 7 heteroatoms. The van der Waals surface area contributed by atoms with Gasteiger partial charge in [-0.3, -0.25) is 4.79 Å². The van der Waals surface area contributed by atoms with Crippen LogP contribution in [0.15, 0.2) is 17.0 Å². The van der Waals surface area contributed by atoms with Crippen molar-refractivity contribution < 1.29 is 13.2 Å². The van der Waals surface area contributed by atoms with Gasteiger partial charge in [-0.2, -0.15) is 4.31 Å². The molecule has 4 rings (SSSR count).